The number of nitrogens with zero attached hydrogens (tertiary/aromatic N) is 4. The van der Waals surface area contributed by atoms with Crippen LogP contribution in [-0.4, -0.2) is 43.5 Å². The van der Waals surface area contributed by atoms with Gasteiger partial charge in [0.1, 0.15) is 10.5 Å². The van der Waals surface area contributed by atoms with Crippen LogP contribution in [0.2, 0.25) is 0 Å². The fourth-order valence-corrected chi connectivity index (χ4v) is 5.12. The van der Waals surface area contributed by atoms with E-state index in [1.54, 1.807) is 23.0 Å². The first-order chi connectivity index (χ1) is 14.7. The Labute approximate surface area is 179 Å². The van der Waals surface area contributed by atoms with Crippen LogP contribution in [0, 0.1) is 0 Å². The normalized spacial score (nSPS) is 16.6. The molecule has 0 saturated carbocycles. The summed E-state index contributed by atoms with van der Waals surface area (Å²) in [6.07, 6.45) is 3.50. The summed E-state index contributed by atoms with van der Waals surface area (Å²) >= 11 is 2.68. The summed E-state index contributed by atoms with van der Waals surface area (Å²) in [6.45, 7) is 1.50. The summed E-state index contributed by atoms with van der Waals surface area (Å²) in [5.74, 6) is 1.21. The molecule has 1 atom stereocenters. The Morgan fingerprint density at radius 3 is 3.10 bits per heavy atom. The molecular weight excluding hydrogens is 426 g/mol. The zero-order chi connectivity index (χ0) is 20.5. The smallest absolute Gasteiger partial charge is 0.272 e. The monoisotopic (exact) mass is 445 g/mol. The minimum absolute atomic E-state index is 0.00379. The second kappa shape index (κ2) is 8.25. The number of furan rings is 1. The maximum atomic E-state index is 13.0. The molecule has 1 saturated heterocycles. The molecule has 4 aromatic rings. The lowest BCUT2D eigenvalue weighted by Gasteiger charge is -2.13. The highest BCUT2D eigenvalue weighted by Crippen LogP contribution is 2.25. The number of thioether (sulfide) groups is 1. The first-order valence-electron chi connectivity index (χ1n) is 9.59. The average molecular weight is 446 g/mol. The van der Waals surface area contributed by atoms with Crippen molar-refractivity contribution in [3.8, 4) is 0 Å². The van der Waals surface area contributed by atoms with E-state index >= 15 is 0 Å². The molecular formula is C19H19N5O4S2. The lowest BCUT2D eigenvalue weighted by molar-refractivity contribution is -0.118. The van der Waals surface area contributed by atoms with E-state index in [0.717, 1.165) is 25.0 Å². The van der Waals surface area contributed by atoms with E-state index in [9.17, 15) is 9.59 Å². The van der Waals surface area contributed by atoms with E-state index < -0.39 is 0 Å². The molecule has 0 aromatic carbocycles. The molecule has 9 nitrogen and oxygen atoms in total. The predicted octanol–water partition coefficient (Wildman–Crippen LogP) is 2.29. The Morgan fingerprint density at radius 1 is 1.37 bits per heavy atom. The van der Waals surface area contributed by atoms with E-state index in [2.05, 4.69) is 15.5 Å². The molecule has 0 radical (unpaired) electrons. The van der Waals surface area contributed by atoms with Gasteiger partial charge in [-0.05, 0) is 36.4 Å². The van der Waals surface area contributed by atoms with Crippen molar-refractivity contribution in [2.24, 2.45) is 0 Å². The van der Waals surface area contributed by atoms with E-state index in [-0.39, 0.29) is 23.3 Å². The zero-order valence-corrected chi connectivity index (χ0v) is 17.6. The molecule has 1 aliphatic heterocycles. The maximum Gasteiger partial charge on any atom is 0.272 e. The number of hydrogen-bond donors (Lipinski definition) is 1. The van der Waals surface area contributed by atoms with Gasteiger partial charge in [0.05, 0.1) is 36.7 Å². The summed E-state index contributed by atoms with van der Waals surface area (Å²) in [6, 6.07) is 5.47. The fourth-order valence-electron chi connectivity index (χ4n) is 3.53. The molecule has 1 N–H and O–H groups in total. The van der Waals surface area contributed by atoms with E-state index in [0.29, 0.717) is 34.5 Å². The first kappa shape index (κ1) is 19.3. The van der Waals surface area contributed by atoms with Crippen LogP contribution in [0.5, 0.6) is 0 Å². The standard InChI is InChI=1S/C19H19N5O4S2/c25-15(20-9-12-3-1-6-27-12)11-30-19-22-21-18-23(10-13-4-2-7-28-13)17(26)16-14(24(18)19)5-8-29-16/h1,3,5-6,8,13H,2,4,7,9-11H2,(H,20,25). The Morgan fingerprint density at radius 2 is 2.30 bits per heavy atom. The fraction of sp³-hybridized carbons (Fsp3) is 0.368. The van der Waals surface area contributed by atoms with Crippen molar-refractivity contribution >= 4 is 45.0 Å². The quantitative estimate of drug-likeness (QED) is 0.435. The molecule has 30 heavy (non-hydrogen) atoms. The number of ether oxygens (including phenoxy) is 1. The number of hydrogen-bond acceptors (Lipinski definition) is 8. The van der Waals surface area contributed by atoms with Crippen LogP contribution in [0.1, 0.15) is 18.6 Å². The van der Waals surface area contributed by atoms with Crippen LogP contribution < -0.4 is 10.9 Å². The topological polar surface area (TPSA) is 104 Å². The Kier molecular flexibility index (Phi) is 5.32. The summed E-state index contributed by atoms with van der Waals surface area (Å²) < 4.78 is 15.1. The van der Waals surface area contributed by atoms with E-state index in [4.69, 9.17) is 9.15 Å². The Hall–Kier alpha value is -2.63. The highest BCUT2D eigenvalue weighted by molar-refractivity contribution is 7.99. The first-order valence-corrected chi connectivity index (χ1v) is 11.5. The molecule has 156 valence electrons. The van der Waals surface area contributed by atoms with Gasteiger partial charge in [-0.2, -0.15) is 0 Å². The van der Waals surface area contributed by atoms with Gasteiger partial charge in [-0.25, -0.2) is 0 Å². The number of carbonyl (C=O) groups is 1. The number of amides is 1. The average Bonchev–Trinajstić information content (AvgIpc) is 3.54. The lowest BCUT2D eigenvalue weighted by atomic mass is 10.2. The van der Waals surface area contributed by atoms with Crippen molar-refractivity contribution in [3.63, 3.8) is 0 Å². The van der Waals surface area contributed by atoms with Gasteiger partial charge in [-0.1, -0.05) is 11.8 Å². The van der Waals surface area contributed by atoms with Crippen LogP contribution in [-0.2, 0) is 22.6 Å². The number of thiophene rings is 1. The third-order valence-corrected chi connectivity index (χ3v) is 6.79. The molecule has 0 spiro atoms. The summed E-state index contributed by atoms with van der Waals surface area (Å²) in [5, 5.41) is 13.8. The van der Waals surface area contributed by atoms with E-state index in [1.165, 1.54) is 23.1 Å². The van der Waals surface area contributed by atoms with Crippen molar-refractivity contribution < 1.29 is 13.9 Å². The highest BCUT2D eigenvalue weighted by Gasteiger charge is 2.22. The lowest BCUT2D eigenvalue weighted by Crippen LogP contribution is -2.28. The third-order valence-electron chi connectivity index (χ3n) is 4.96. The summed E-state index contributed by atoms with van der Waals surface area (Å²) in [7, 11) is 0. The second-order valence-electron chi connectivity index (χ2n) is 6.95. The summed E-state index contributed by atoms with van der Waals surface area (Å²) in [4.78, 5) is 25.3. The minimum atomic E-state index is -0.137. The predicted molar refractivity (Wildman–Crippen MR) is 113 cm³/mol. The van der Waals surface area contributed by atoms with Crippen molar-refractivity contribution in [2.75, 3.05) is 12.4 Å². The van der Waals surface area contributed by atoms with Gasteiger partial charge >= 0.3 is 0 Å². The van der Waals surface area contributed by atoms with Crippen LogP contribution in [0.4, 0.5) is 0 Å². The van der Waals surface area contributed by atoms with E-state index in [1.807, 2.05) is 15.8 Å². The molecule has 11 heteroatoms. The van der Waals surface area contributed by atoms with Gasteiger partial charge in [0, 0.05) is 6.61 Å². The molecule has 1 aliphatic rings. The Balaban J connectivity index is 1.41. The number of aromatic nitrogens is 4. The molecule has 5 rings (SSSR count). The van der Waals surface area contributed by atoms with Crippen LogP contribution >= 0.6 is 23.1 Å². The van der Waals surface area contributed by atoms with Crippen molar-refractivity contribution in [3.05, 3.63) is 46.0 Å². The van der Waals surface area contributed by atoms with Crippen molar-refractivity contribution in [2.45, 2.75) is 37.2 Å². The molecule has 5 heterocycles. The number of fused-ring (bicyclic) bond motifs is 3. The van der Waals surface area contributed by atoms with Crippen molar-refractivity contribution in [1.29, 1.82) is 0 Å². The number of carbonyl (C=O) groups excluding carboxylic acids is 1. The maximum absolute atomic E-state index is 13.0. The largest absolute Gasteiger partial charge is 0.467 e. The van der Waals surface area contributed by atoms with Gasteiger partial charge in [0.25, 0.3) is 5.56 Å². The number of rotatable bonds is 7. The molecule has 0 aliphatic carbocycles. The van der Waals surface area contributed by atoms with Crippen molar-refractivity contribution in [1.82, 2.24) is 24.5 Å². The molecule has 4 aromatic heterocycles. The van der Waals surface area contributed by atoms with Gasteiger partial charge in [0.15, 0.2) is 5.16 Å². The minimum Gasteiger partial charge on any atom is -0.467 e. The Bertz CT molecular complexity index is 1240. The highest BCUT2D eigenvalue weighted by atomic mass is 32.2. The SMILES string of the molecule is O=C(CSc1nnc2n(CC3CCCO3)c(=O)c3sccc3n12)NCc1ccco1. The van der Waals surface area contributed by atoms with Gasteiger partial charge in [-0.3, -0.25) is 18.6 Å². The third kappa shape index (κ3) is 3.64. The van der Waals surface area contributed by atoms with Crippen LogP contribution in [0.15, 0.2) is 44.2 Å². The summed E-state index contributed by atoms with van der Waals surface area (Å²) in [5.41, 5.74) is 0.676. The van der Waals surface area contributed by atoms with Crippen LogP contribution in [0.3, 0.4) is 0 Å². The van der Waals surface area contributed by atoms with Gasteiger partial charge < -0.3 is 14.5 Å². The molecule has 1 fully saturated rings. The molecule has 0 bridgehead atoms. The van der Waals surface area contributed by atoms with Gasteiger partial charge in [-0.15, -0.1) is 21.5 Å². The number of nitrogens with one attached hydrogen (secondary N) is 1. The second-order valence-corrected chi connectivity index (χ2v) is 8.81. The molecule has 1 unspecified atom stereocenters. The zero-order valence-electron chi connectivity index (χ0n) is 15.9. The molecule has 1 amide bonds. The van der Waals surface area contributed by atoms with Gasteiger partial charge in [0.2, 0.25) is 11.7 Å². The van der Waals surface area contributed by atoms with Crippen LogP contribution in [0.25, 0.3) is 16.0 Å².